The number of nitrogens with two attached hydrogens (primary N) is 1. The molecular formula is C14H10ClF4N. The van der Waals surface area contributed by atoms with E-state index in [1.54, 1.807) is 0 Å². The van der Waals surface area contributed by atoms with Gasteiger partial charge in [0.2, 0.25) is 0 Å². The zero-order chi connectivity index (χ0) is 14.9. The Labute approximate surface area is 118 Å². The average Bonchev–Trinajstić information content (AvgIpc) is 2.40. The van der Waals surface area contributed by atoms with E-state index >= 15 is 0 Å². The van der Waals surface area contributed by atoms with Crippen LogP contribution in [-0.2, 0) is 6.18 Å². The first kappa shape index (κ1) is 14.8. The van der Waals surface area contributed by atoms with Crippen LogP contribution in [0, 0.1) is 5.82 Å². The predicted octanol–water partition coefficient (Wildman–Crippen LogP) is 4.55. The van der Waals surface area contributed by atoms with Gasteiger partial charge >= 0.3 is 6.18 Å². The van der Waals surface area contributed by atoms with Crippen LogP contribution in [-0.4, -0.2) is 0 Å². The lowest BCUT2D eigenvalue weighted by Gasteiger charge is -2.16. The summed E-state index contributed by atoms with van der Waals surface area (Å²) in [6.45, 7) is 0. The lowest BCUT2D eigenvalue weighted by Crippen LogP contribution is -2.15. The van der Waals surface area contributed by atoms with Crippen LogP contribution in [0.25, 0.3) is 0 Å². The number of hydrogen-bond acceptors (Lipinski definition) is 1. The van der Waals surface area contributed by atoms with Crippen molar-refractivity contribution in [2.75, 3.05) is 0 Å². The van der Waals surface area contributed by atoms with E-state index in [-0.39, 0.29) is 16.1 Å². The lowest BCUT2D eigenvalue weighted by molar-refractivity contribution is -0.137. The summed E-state index contributed by atoms with van der Waals surface area (Å²) in [6, 6.07) is 7.71. The quantitative estimate of drug-likeness (QED) is 0.810. The molecule has 0 spiro atoms. The third-order valence-electron chi connectivity index (χ3n) is 2.89. The van der Waals surface area contributed by atoms with Gasteiger partial charge in [-0.15, -0.1) is 0 Å². The second kappa shape index (κ2) is 5.42. The summed E-state index contributed by atoms with van der Waals surface area (Å²) in [5, 5.41) is -0.120. The van der Waals surface area contributed by atoms with Crippen LogP contribution in [0.15, 0.2) is 42.5 Å². The zero-order valence-electron chi connectivity index (χ0n) is 10.1. The summed E-state index contributed by atoms with van der Waals surface area (Å²) < 4.78 is 51.8. The van der Waals surface area contributed by atoms with Crippen LogP contribution < -0.4 is 5.73 Å². The summed E-state index contributed by atoms with van der Waals surface area (Å²) in [5.74, 6) is -0.723. The summed E-state index contributed by atoms with van der Waals surface area (Å²) in [5.41, 5.74) is 5.23. The first-order valence-electron chi connectivity index (χ1n) is 5.67. The maximum absolute atomic E-state index is 13.8. The second-order valence-electron chi connectivity index (χ2n) is 4.24. The highest BCUT2D eigenvalue weighted by Crippen LogP contribution is 2.32. The van der Waals surface area contributed by atoms with Crippen molar-refractivity contribution in [2.45, 2.75) is 12.2 Å². The molecule has 1 atom stereocenters. The van der Waals surface area contributed by atoms with Crippen molar-refractivity contribution in [3.63, 3.8) is 0 Å². The second-order valence-corrected chi connectivity index (χ2v) is 4.65. The molecule has 0 aliphatic carbocycles. The number of alkyl halides is 3. The Morgan fingerprint density at radius 1 is 1.05 bits per heavy atom. The Morgan fingerprint density at radius 3 is 2.35 bits per heavy atom. The molecule has 2 aromatic rings. The van der Waals surface area contributed by atoms with E-state index in [9.17, 15) is 17.6 Å². The van der Waals surface area contributed by atoms with E-state index < -0.39 is 23.6 Å². The predicted molar refractivity (Wildman–Crippen MR) is 68.9 cm³/mol. The maximum atomic E-state index is 13.8. The van der Waals surface area contributed by atoms with Crippen molar-refractivity contribution in [3.8, 4) is 0 Å². The van der Waals surface area contributed by atoms with Crippen LogP contribution in [0.4, 0.5) is 17.6 Å². The topological polar surface area (TPSA) is 26.0 Å². The van der Waals surface area contributed by atoms with Crippen molar-refractivity contribution < 1.29 is 17.6 Å². The smallest absolute Gasteiger partial charge is 0.320 e. The summed E-state index contributed by atoms with van der Waals surface area (Å²) >= 11 is 5.64. The summed E-state index contributed by atoms with van der Waals surface area (Å²) in [7, 11) is 0. The molecule has 0 aliphatic rings. The monoisotopic (exact) mass is 303 g/mol. The van der Waals surface area contributed by atoms with Gasteiger partial charge in [0.25, 0.3) is 0 Å². The lowest BCUT2D eigenvalue weighted by atomic mass is 9.97. The molecule has 1 nitrogen and oxygen atoms in total. The van der Waals surface area contributed by atoms with Crippen LogP contribution in [0.1, 0.15) is 22.7 Å². The minimum absolute atomic E-state index is 0.0526. The van der Waals surface area contributed by atoms with E-state index in [2.05, 4.69) is 0 Å². The largest absolute Gasteiger partial charge is 0.416 e. The van der Waals surface area contributed by atoms with Crippen molar-refractivity contribution in [1.82, 2.24) is 0 Å². The minimum Gasteiger partial charge on any atom is -0.320 e. The highest BCUT2D eigenvalue weighted by Gasteiger charge is 2.31. The van der Waals surface area contributed by atoms with Crippen molar-refractivity contribution in [2.24, 2.45) is 5.73 Å². The molecule has 20 heavy (non-hydrogen) atoms. The molecule has 0 saturated carbocycles. The molecule has 2 aromatic carbocycles. The minimum atomic E-state index is -4.47. The van der Waals surface area contributed by atoms with Gasteiger partial charge in [-0.1, -0.05) is 35.9 Å². The highest BCUT2D eigenvalue weighted by atomic mass is 35.5. The van der Waals surface area contributed by atoms with Crippen LogP contribution in [0.3, 0.4) is 0 Å². The Morgan fingerprint density at radius 2 is 1.70 bits per heavy atom. The van der Waals surface area contributed by atoms with Gasteiger partial charge in [-0.05, 0) is 23.8 Å². The molecule has 106 valence electrons. The van der Waals surface area contributed by atoms with E-state index in [0.717, 1.165) is 12.1 Å². The van der Waals surface area contributed by atoms with Gasteiger partial charge in [-0.2, -0.15) is 13.2 Å². The molecule has 1 unspecified atom stereocenters. The molecule has 0 saturated heterocycles. The number of hydrogen-bond donors (Lipinski definition) is 1. The first-order chi connectivity index (χ1) is 9.30. The van der Waals surface area contributed by atoms with Crippen molar-refractivity contribution in [3.05, 3.63) is 70.0 Å². The molecule has 0 heterocycles. The molecule has 0 radical (unpaired) electrons. The molecule has 0 fully saturated rings. The normalized spacial score (nSPS) is 13.3. The van der Waals surface area contributed by atoms with E-state index in [1.165, 1.54) is 30.3 Å². The Balaban J connectivity index is 2.44. The number of benzene rings is 2. The Bertz CT molecular complexity index is 625. The molecule has 6 heteroatoms. The molecular weight excluding hydrogens is 294 g/mol. The standard InChI is InChI=1S/C14H10ClF4N/c15-11-6-2-5-10(12(11)16)13(20)8-3-1-4-9(7-8)14(17,18)19/h1-7,13H,20H2. The molecule has 0 amide bonds. The fourth-order valence-electron chi connectivity index (χ4n) is 1.85. The zero-order valence-corrected chi connectivity index (χ0v) is 10.8. The van der Waals surface area contributed by atoms with E-state index in [0.29, 0.717) is 0 Å². The third kappa shape index (κ3) is 2.94. The number of halogens is 5. The van der Waals surface area contributed by atoms with Gasteiger partial charge in [0, 0.05) is 5.56 Å². The average molecular weight is 304 g/mol. The van der Waals surface area contributed by atoms with E-state index in [4.69, 9.17) is 17.3 Å². The molecule has 2 N–H and O–H groups in total. The molecule has 0 aromatic heterocycles. The van der Waals surface area contributed by atoms with Crippen molar-refractivity contribution in [1.29, 1.82) is 0 Å². The van der Waals surface area contributed by atoms with Crippen molar-refractivity contribution >= 4 is 11.6 Å². The van der Waals surface area contributed by atoms with Crippen LogP contribution in [0.5, 0.6) is 0 Å². The Kier molecular flexibility index (Phi) is 4.01. The van der Waals surface area contributed by atoms with E-state index in [1.807, 2.05) is 0 Å². The SMILES string of the molecule is NC(c1cccc(C(F)(F)F)c1)c1cccc(Cl)c1F. The molecule has 0 bridgehead atoms. The maximum Gasteiger partial charge on any atom is 0.416 e. The third-order valence-corrected chi connectivity index (χ3v) is 3.18. The van der Waals surface area contributed by atoms with Gasteiger partial charge in [-0.3, -0.25) is 0 Å². The summed E-state index contributed by atoms with van der Waals surface area (Å²) in [6.07, 6.45) is -4.47. The molecule has 2 rings (SSSR count). The Hall–Kier alpha value is -1.59. The summed E-state index contributed by atoms with van der Waals surface area (Å²) in [4.78, 5) is 0. The van der Waals surface area contributed by atoms with Crippen LogP contribution >= 0.6 is 11.6 Å². The highest BCUT2D eigenvalue weighted by molar-refractivity contribution is 6.30. The van der Waals surface area contributed by atoms with Gasteiger partial charge in [-0.25, -0.2) is 4.39 Å². The van der Waals surface area contributed by atoms with Gasteiger partial charge in [0.15, 0.2) is 0 Å². The first-order valence-corrected chi connectivity index (χ1v) is 6.05. The fraction of sp³-hybridized carbons (Fsp3) is 0.143. The fourth-order valence-corrected chi connectivity index (χ4v) is 2.03. The number of rotatable bonds is 2. The van der Waals surface area contributed by atoms with Gasteiger partial charge < -0.3 is 5.73 Å². The van der Waals surface area contributed by atoms with Gasteiger partial charge in [0.05, 0.1) is 16.6 Å². The van der Waals surface area contributed by atoms with Crippen LogP contribution in [0.2, 0.25) is 5.02 Å². The molecule has 0 aliphatic heterocycles. The van der Waals surface area contributed by atoms with Gasteiger partial charge in [0.1, 0.15) is 5.82 Å².